The van der Waals surface area contributed by atoms with Crippen LogP contribution in [-0.4, -0.2) is 33.8 Å². The number of nitrogens with zero attached hydrogens (tertiary/aromatic N) is 4. The zero-order chi connectivity index (χ0) is 25.7. The molecule has 1 aliphatic rings. The van der Waals surface area contributed by atoms with E-state index in [0.717, 1.165) is 51.8 Å². The molecule has 0 saturated heterocycles. The fraction of sp³-hybridized carbons (Fsp3) is 0.286. The van der Waals surface area contributed by atoms with Gasteiger partial charge in [0.25, 0.3) is 12.3 Å². The van der Waals surface area contributed by atoms with Crippen LogP contribution in [0.25, 0.3) is 27.6 Å². The normalized spacial score (nSPS) is 13.4. The third-order valence-corrected chi connectivity index (χ3v) is 6.92. The molecule has 36 heavy (non-hydrogen) atoms. The van der Waals surface area contributed by atoms with Crippen LogP contribution in [0.5, 0.6) is 0 Å². The SMILES string of the molecule is C=C(C)c1cc(N2CCCc3cc(-c4cnn(C)c4)c(C(F)F)cc32)cc2c(C(=O)NC)cn(C)c12. The summed E-state index contributed by atoms with van der Waals surface area (Å²) in [6.45, 7) is 6.79. The number of carbonyl (C=O) groups excluding carboxylic acids is 1. The van der Waals surface area contributed by atoms with Crippen molar-refractivity contribution in [3.8, 4) is 11.1 Å². The van der Waals surface area contributed by atoms with E-state index in [9.17, 15) is 13.6 Å². The second-order valence-corrected chi connectivity index (χ2v) is 9.43. The van der Waals surface area contributed by atoms with Gasteiger partial charge in [0, 0.05) is 73.5 Å². The minimum absolute atomic E-state index is 0.0133. The number of hydrogen-bond acceptors (Lipinski definition) is 3. The fourth-order valence-corrected chi connectivity index (χ4v) is 5.24. The van der Waals surface area contributed by atoms with Gasteiger partial charge in [0.1, 0.15) is 0 Å². The average Bonchev–Trinajstić information content (AvgIpc) is 3.44. The lowest BCUT2D eigenvalue weighted by Crippen LogP contribution is -2.25. The number of aromatic nitrogens is 3. The number of fused-ring (bicyclic) bond motifs is 2. The molecule has 0 unspecified atom stereocenters. The average molecular weight is 490 g/mol. The first-order valence-corrected chi connectivity index (χ1v) is 11.9. The Hall–Kier alpha value is -3.94. The molecule has 4 aromatic rings. The van der Waals surface area contributed by atoms with Crippen LogP contribution in [0.15, 0.2) is 49.4 Å². The standard InChI is InChI=1S/C28H29F2N5O/c1-16(2)20-10-19(11-22-24(28(36)31-3)15-33(4)26(20)22)35-8-6-7-17-9-21(18-13-32-34(5)14-18)23(27(29)30)12-25(17)35/h9-15,27H,1,6-8H2,2-5H3,(H,31,36). The van der Waals surface area contributed by atoms with Crippen LogP contribution in [0.3, 0.4) is 0 Å². The summed E-state index contributed by atoms with van der Waals surface area (Å²) in [6, 6.07) is 7.54. The summed E-state index contributed by atoms with van der Waals surface area (Å²) in [5.74, 6) is -0.175. The van der Waals surface area contributed by atoms with E-state index in [0.29, 0.717) is 23.2 Å². The zero-order valence-corrected chi connectivity index (χ0v) is 20.9. The Labute approximate surface area is 208 Å². The predicted molar refractivity (Wildman–Crippen MR) is 140 cm³/mol. The summed E-state index contributed by atoms with van der Waals surface area (Å²) in [4.78, 5) is 14.7. The second kappa shape index (κ2) is 8.93. The smallest absolute Gasteiger partial charge is 0.264 e. The van der Waals surface area contributed by atoms with Gasteiger partial charge in [0.05, 0.1) is 17.3 Å². The Morgan fingerprint density at radius 1 is 1.14 bits per heavy atom. The number of benzene rings is 2. The van der Waals surface area contributed by atoms with Crippen molar-refractivity contribution in [1.29, 1.82) is 0 Å². The molecule has 186 valence electrons. The number of carbonyl (C=O) groups is 1. The lowest BCUT2D eigenvalue weighted by atomic mass is 9.92. The van der Waals surface area contributed by atoms with Gasteiger partial charge >= 0.3 is 0 Å². The topological polar surface area (TPSA) is 55.1 Å². The number of amides is 1. The molecule has 6 nitrogen and oxygen atoms in total. The number of alkyl halides is 2. The molecule has 0 bridgehead atoms. The second-order valence-electron chi connectivity index (χ2n) is 9.43. The highest BCUT2D eigenvalue weighted by Gasteiger charge is 2.26. The van der Waals surface area contributed by atoms with Crippen molar-refractivity contribution in [2.45, 2.75) is 26.2 Å². The quantitative estimate of drug-likeness (QED) is 0.375. The molecule has 0 saturated carbocycles. The van der Waals surface area contributed by atoms with Gasteiger partial charge in [-0.05, 0) is 60.7 Å². The van der Waals surface area contributed by atoms with Crippen LogP contribution in [0.1, 0.15) is 46.8 Å². The monoisotopic (exact) mass is 489 g/mol. The first-order valence-electron chi connectivity index (χ1n) is 11.9. The lowest BCUT2D eigenvalue weighted by molar-refractivity contribution is 0.0964. The highest BCUT2D eigenvalue weighted by Crippen LogP contribution is 2.43. The summed E-state index contributed by atoms with van der Waals surface area (Å²) in [7, 11) is 5.29. The molecule has 0 radical (unpaired) electrons. The van der Waals surface area contributed by atoms with Crippen LogP contribution < -0.4 is 10.2 Å². The molecule has 0 aliphatic carbocycles. The number of allylic oxidation sites excluding steroid dienone is 1. The predicted octanol–water partition coefficient (Wildman–Crippen LogP) is 5.99. The van der Waals surface area contributed by atoms with E-state index in [1.807, 2.05) is 42.9 Å². The summed E-state index contributed by atoms with van der Waals surface area (Å²) >= 11 is 0. The Balaban J connectivity index is 1.72. The Morgan fingerprint density at radius 2 is 1.92 bits per heavy atom. The summed E-state index contributed by atoms with van der Waals surface area (Å²) < 4.78 is 32.1. The van der Waals surface area contributed by atoms with Gasteiger partial charge < -0.3 is 14.8 Å². The summed E-state index contributed by atoms with van der Waals surface area (Å²) in [5.41, 5.74) is 7.10. The maximum absolute atomic E-state index is 14.3. The van der Waals surface area contributed by atoms with Crippen LogP contribution in [0.4, 0.5) is 20.2 Å². The van der Waals surface area contributed by atoms with Gasteiger partial charge in [0.15, 0.2) is 0 Å². The van der Waals surface area contributed by atoms with E-state index in [1.165, 1.54) is 0 Å². The molecule has 8 heteroatoms. The zero-order valence-electron chi connectivity index (χ0n) is 20.9. The van der Waals surface area contributed by atoms with Gasteiger partial charge in [-0.25, -0.2) is 8.78 Å². The third kappa shape index (κ3) is 3.86. The highest BCUT2D eigenvalue weighted by molar-refractivity contribution is 6.10. The molecule has 2 aromatic carbocycles. The number of halogens is 2. The number of rotatable bonds is 5. The van der Waals surface area contributed by atoms with Crippen molar-refractivity contribution in [3.63, 3.8) is 0 Å². The van der Waals surface area contributed by atoms with Crippen molar-refractivity contribution in [3.05, 3.63) is 71.7 Å². The number of nitrogens with one attached hydrogen (secondary N) is 1. The number of hydrogen-bond donors (Lipinski definition) is 1. The van der Waals surface area contributed by atoms with E-state index in [1.54, 1.807) is 37.2 Å². The molecular formula is C28H29F2N5O. The maximum atomic E-state index is 14.3. The molecule has 2 aromatic heterocycles. The summed E-state index contributed by atoms with van der Waals surface area (Å²) in [6.07, 6.45) is 4.25. The van der Waals surface area contributed by atoms with E-state index in [4.69, 9.17) is 0 Å². The Kier molecular flexibility index (Phi) is 5.90. The molecule has 5 rings (SSSR count). The molecular weight excluding hydrogens is 460 g/mol. The van der Waals surface area contributed by atoms with Crippen LogP contribution in [0.2, 0.25) is 0 Å². The lowest BCUT2D eigenvalue weighted by Gasteiger charge is -2.33. The summed E-state index contributed by atoms with van der Waals surface area (Å²) in [5, 5.41) is 7.69. The minimum Gasteiger partial charge on any atom is -0.355 e. The minimum atomic E-state index is -2.63. The number of aryl methyl sites for hydroxylation is 3. The molecule has 1 N–H and O–H groups in total. The van der Waals surface area contributed by atoms with Crippen molar-refractivity contribution in [2.75, 3.05) is 18.5 Å². The fourth-order valence-electron chi connectivity index (χ4n) is 5.24. The molecule has 3 heterocycles. The van der Waals surface area contributed by atoms with E-state index in [-0.39, 0.29) is 11.5 Å². The molecule has 0 atom stereocenters. The van der Waals surface area contributed by atoms with Gasteiger partial charge in [-0.15, -0.1) is 0 Å². The van der Waals surface area contributed by atoms with Gasteiger partial charge in [0.2, 0.25) is 0 Å². The largest absolute Gasteiger partial charge is 0.355 e. The van der Waals surface area contributed by atoms with Crippen LogP contribution in [0, 0.1) is 0 Å². The van der Waals surface area contributed by atoms with E-state index < -0.39 is 6.43 Å². The van der Waals surface area contributed by atoms with E-state index in [2.05, 4.69) is 21.9 Å². The molecule has 1 aliphatic heterocycles. The molecule has 0 fully saturated rings. The van der Waals surface area contributed by atoms with Gasteiger partial charge in [-0.2, -0.15) is 5.10 Å². The van der Waals surface area contributed by atoms with Crippen LogP contribution >= 0.6 is 0 Å². The molecule has 1 amide bonds. The van der Waals surface area contributed by atoms with Crippen molar-refractivity contribution >= 4 is 33.8 Å². The van der Waals surface area contributed by atoms with Gasteiger partial charge in [-0.1, -0.05) is 6.58 Å². The van der Waals surface area contributed by atoms with Crippen molar-refractivity contribution < 1.29 is 13.6 Å². The first kappa shape index (κ1) is 23.8. The van der Waals surface area contributed by atoms with E-state index >= 15 is 0 Å². The maximum Gasteiger partial charge on any atom is 0.264 e. The highest BCUT2D eigenvalue weighted by atomic mass is 19.3. The first-order chi connectivity index (χ1) is 17.2. The Morgan fingerprint density at radius 3 is 2.56 bits per heavy atom. The van der Waals surface area contributed by atoms with Crippen LogP contribution in [-0.2, 0) is 20.5 Å². The third-order valence-electron chi connectivity index (χ3n) is 6.92. The Bertz CT molecular complexity index is 1510. The van der Waals surface area contributed by atoms with Crippen molar-refractivity contribution in [1.82, 2.24) is 19.7 Å². The van der Waals surface area contributed by atoms with Gasteiger partial charge in [-0.3, -0.25) is 9.48 Å². The van der Waals surface area contributed by atoms with Crippen molar-refractivity contribution in [2.24, 2.45) is 14.1 Å². The number of anilines is 2. The molecule has 0 spiro atoms.